The van der Waals surface area contributed by atoms with E-state index in [1.54, 1.807) is 16.8 Å². The van der Waals surface area contributed by atoms with Crippen LogP contribution in [0.5, 0.6) is 0 Å². The maximum atomic E-state index is 12.6. The van der Waals surface area contributed by atoms with Gasteiger partial charge in [0.25, 0.3) is 0 Å². The molecule has 2 amide bonds. The van der Waals surface area contributed by atoms with Crippen molar-refractivity contribution in [2.45, 2.75) is 25.7 Å². The molecular weight excluding hydrogens is 438 g/mol. The average molecular weight is 466 g/mol. The van der Waals surface area contributed by atoms with Gasteiger partial charge in [-0.3, -0.25) is 9.59 Å². The molecule has 1 fully saturated rings. The van der Waals surface area contributed by atoms with E-state index in [1.807, 2.05) is 48.5 Å². The van der Waals surface area contributed by atoms with Crippen molar-refractivity contribution >= 4 is 29.2 Å². The Morgan fingerprint density at radius 3 is 2.45 bits per heavy atom. The molecule has 0 aliphatic carbocycles. The third kappa shape index (κ3) is 6.43. The van der Waals surface area contributed by atoms with Gasteiger partial charge in [-0.05, 0) is 44.1 Å². The van der Waals surface area contributed by atoms with Crippen LogP contribution in [-0.2, 0) is 9.59 Å². The number of likely N-dealkylation sites (tertiary alicyclic amines) is 1. The molecule has 0 spiro atoms. The van der Waals surface area contributed by atoms with Crippen molar-refractivity contribution in [2.24, 2.45) is 0 Å². The molecule has 7 nitrogen and oxygen atoms in total. The highest BCUT2D eigenvalue weighted by Gasteiger charge is 2.16. The summed E-state index contributed by atoms with van der Waals surface area (Å²) in [6, 6.07) is 18.8. The van der Waals surface area contributed by atoms with Gasteiger partial charge < -0.3 is 15.5 Å². The number of aromatic nitrogens is 2. The Balaban J connectivity index is 1.39. The molecule has 172 valence electrons. The molecule has 0 radical (unpaired) electrons. The highest BCUT2D eigenvalue weighted by Crippen LogP contribution is 2.26. The number of carbonyl (C=O) groups is 2. The molecular formula is C25H28ClN5O2. The number of hydrogen-bond acceptors (Lipinski definition) is 4. The normalized spacial score (nSPS) is 13.7. The second-order valence-corrected chi connectivity index (χ2v) is 8.56. The number of amides is 2. The summed E-state index contributed by atoms with van der Waals surface area (Å²) < 4.78 is 1.65. The first-order valence-electron chi connectivity index (χ1n) is 11.3. The number of halogens is 1. The largest absolute Gasteiger partial charge is 0.355 e. The van der Waals surface area contributed by atoms with Crippen molar-refractivity contribution in [1.82, 2.24) is 20.0 Å². The Morgan fingerprint density at radius 2 is 1.70 bits per heavy atom. The van der Waals surface area contributed by atoms with Crippen LogP contribution in [0.25, 0.3) is 16.9 Å². The Bertz CT molecular complexity index is 1090. The standard InChI is InChI=1S/C25H28ClN5O2/c26-20-9-6-10-21(17-20)31-23(18-22(29-31)19-7-2-1-3-8-19)28-25(33)12-11-24(32)27-13-16-30-14-4-5-15-30/h1-3,6-10,17-18H,4-5,11-16H2,(H,27,32)(H,28,33). The fourth-order valence-electron chi connectivity index (χ4n) is 3.91. The second-order valence-electron chi connectivity index (χ2n) is 8.12. The molecule has 1 aliphatic heterocycles. The highest BCUT2D eigenvalue weighted by atomic mass is 35.5. The predicted molar refractivity (Wildman–Crippen MR) is 131 cm³/mol. The van der Waals surface area contributed by atoms with Gasteiger partial charge in [0.05, 0.1) is 11.4 Å². The average Bonchev–Trinajstić information content (AvgIpc) is 3.49. The van der Waals surface area contributed by atoms with Crippen molar-refractivity contribution in [3.63, 3.8) is 0 Å². The van der Waals surface area contributed by atoms with Gasteiger partial charge >= 0.3 is 0 Å². The molecule has 0 unspecified atom stereocenters. The number of anilines is 1. The SMILES string of the molecule is O=C(CCC(=O)Nc1cc(-c2ccccc2)nn1-c1cccc(Cl)c1)NCCN1CCCC1. The Kier molecular flexibility index (Phi) is 7.75. The van der Waals surface area contributed by atoms with Crippen molar-refractivity contribution < 1.29 is 9.59 Å². The van der Waals surface area contributed by atoms with Crippen LogP contribution in [0.3, 0.4) is 0 Å². The van der Waals surface area contributed by atoms with Crippen LogP contribution < -0.4 is 10.6 Å². The lowest BCUT2D eigenvalue weighted by Crippen LogP contribution is -2.33. The summed E-state index contributed by atoms with van der Waals surface area (Å²) >= 11 is 6.17. The lowest BCUT2D eigenvalue weighted by atomic mass is 10.1. The molecule has 33 heavy (non-hydrogen) atoms. The van der Waals surface area contributed by atoms with Gasteiger partial charge in [-0.2, -0.15) is 5.10 Å². The first-order chi connectivity index (χ1) is 16.1. The van der Waals surface area contributed by atoms with Crippen LogP contribution in [0.2, 0.25) is 5.02 Å². The van der Waals surface area contributed by atoms with E-state index in [-0.39, 0.29) is 24.7 Å². The molecule has 1 saturated heterocycles. The zero-order valence-electron chi connectivity index (χ0n) is 18.5. The van der Waals surface area contributed by atoms with Gasteiger partial charge in [0, 0.05) is 42.6 Å². The minimum atomic E-state index is -0.243. The molecule has 2 N–H and O–H groups in total. The van der Waals surface area contributed by atoms with E-state index in [0.717, 1.165) is 36.6 Å². The van der Waals surface area contributed by atoms with Gasteiger partial charge in [0.2, 0.25) is 11.8 Å². The molecule has 4 rings (SSSR count). The lowest BCUT2D eigenvalue weighted by molar-refractivity contribution is -0.124. The minimum Gasteiger partial charge on any atom is -0.355 e. The predicted octanol–water partition coefficient (Wildman–Crippen LogP) is 4.12. The van der Waals surface area contributed by atoms with E-state index in [0.29, 0.717) is 17.4 Å². The summed E-state index contributed by atoms with van der Waals surface area (Å²) in [6.45, 7) is 3.68. The van der Waals surface area contributed by atoms with E-state index in [4.69, 9.17) is 11.6 Å². The van der Waals surface area contributed by atoms with Gasteiger partial charge in [0.15, 0.2) is 0 Å². The minimum absolute atomic E-state index is 0.0942. The fourth-order valence-corrected chi connectivity index (χ4v) is 4.09. The zero-order chi connectivity index (χ0) is 23.0. The van der Waals surface area contributed by atoms with Crippen molar-refractivity contribution in [3.8, 4) is 16.9 Å². The third-order valence-electron chi connectivity index (χ3n) is 5.63. The Labute approximate surface area is 198 Å². The molecule has 0 bridgehead atoms. The van der Waals surface area contributed by atoms with Gasteiger partial charge in [0.1, 0.15) is 5.82 Å². The third-order valence-corrected chi connectivity index (χ3v) is 5.86. The smallest absolute Gasteiger partial charge is 0.226 e. The molecule has 3 aromatic rings. The van der Waals surface area contributed by atoms with Gasteiger partial charge in [-0.25, -0.2) is 4.68 Å². The summed E-state index contributed by atoms with van der Waals surface area (Å²) in [5.74, 6) is 0.167. The van der Waals surface area contributed by atoms with Crippen LogP contribution >= 0.6 is 11.6 Å². The number of nitrogens with zero attached hydrogens (tertiary/aromatic N) is 3. The molecule has 8 heteroatoms. The van der Waals surface area contributed by atoms with Crippen molar-refractivity contribution in [1.29, 1.82) is 0 Å². The second kappa shape index (κ2) is 11.1. The molecule has 1 aromatic heterocycles. The molecule has 0 saturated carbocycles. The van der Waals surface area contributed by atoms with Crippen LogP contribution in [0.15, 0.2) is 60.7 Å². The van der Waals surface area contributed by atoms with E-state index in [9.17, 15) is 9.59 Å². The number of hydrogen-bond donors (Lipinski definition) is 2. The maximum Gasteiger partial charge on any atom is 0.226 e. The molecule has 2 aromatic carbocycles. The number of carbonyl (C=O) groups excluding carboxylic acids is 2. The summed E-state index contributed by atoms with van der Waals surface area (Å²) in [4.78, 5) is 27.1. The van der Waals surface area contributed by atoms with Crippen LogP contribution in [0.1, 0.15) is 25.7 Å². The summed E-state index contributed by atoms with van der Waals surface area (Å²) in [5.41, 5.74) is 2.40. The Morgan fingerprint density at radius 1 is 0.939 bits per heavy atom. The summed E-state index contributed by atoms with van der Waals surface area (Å²) in [5, 5.41) is 11.1. The van der Waals surface area contributed by atoms with Crippen LogP contribution in [0, 0.1) is 0 Å². The molecule has 1 aliphatic rings. The van der Waals surface area contributed by atoms with Gasteiger partial charge in [-0.15, -0.1) is 0 Å². The maximum absolute atomic E-state index is 12.6. The van der Waals surface area contributed by atoms with E-state index >= 15 is 0 Å². The monoisotopic (exact) mass is 465 g/mol. The lowest BCUT2D eigenvalue weighted by Gasteiger charge is -2.14. The van der Waals surface area contributed by atoms with Crippen LogP contribution in [-0.4, -0.2) is 52.7 Å². The topological polar surface area (TPSA) is 79.3 Å². The number of rotatable bonds is 9. The first-order valence-corrected chi connectivity index (χ1v) is 11.7. The fraction of sp³-hybridized carbons (Fsp3) is 0.320. The zero-order valence-corrected chi connectivity index (χ0v) is 19.2. The number of benzene rings is 2. The quantitative estimate of drug-likeness (QED) is 0.498. The van der Waals surface area contributed by atoms with E-state index in [1.165, 1.54) is 12.8 Å². The highest BCUT2D eigenvalue weighted by molar-refractivity contribution is 6.30. The summed E-state index contributed by atoms with van der Waals surface area (Å²) in [7, 11) is 0. The summed E-state index contributed by atoms with van der Waals surface area (Å²) in [6.07, 6.45) is 2.69. The van der Waals surface area contributed by atoms with E-state index in [2.05, 4.69) is 20.6 Å². The van der Waals surface area contributed by atoms with Gasteiger partial charge in [-0.1, -0.05) is 48.0 Å². The van der Waals surface area contributed by atoms with E-state index < -0.39 is 0 Å². The first kappa shape index (κ1) is 23.0. The van der Waals surface area contributed by atoms with Crippen molar-refractivity contribution in [3.05, 3.63) is 65.7 Å². The van der Waals surface area contributed by atoms with Crippen LogP contribution in [0.4, 0.5) is 5.82 Å². The molecule has 0 atom stereocenters. The molecule has 2 heterocycles. The van der Waals surface area contributed by atoms with Crippen molar-refractivity contribution in [2.75, 3.05) is 31.5 Å². The Hall–Kier alpha value is -3.16. The number of nitrogens with one attached hydrogen (secondary N) is 2.